The summed E-state index contributed by atoms with van der Waals surface area (Å²) in [6.07, 6.45) is 8.96. The van der Waals surface area contributed by atoms with E-state index < -0.39 is 0 Å². The molecule has 13 heavy (non-hydrogen) atoms. The van der Waals surface area contributed by atoms with E-state index in [1.807, 2.05) is 0 Å². The zero-order valence-corrected chi connectivity index (χ0v) is 8.22. The Morgan fingerprint density at radius 1 is 1.00 bits per heavy atom. The van der Waals surface area contributed by atoms with Crippen LogP contribution in [0.5, 0.6) is 0 Å². The predicted molar refractivity (Wildman–Crippen MR) is 52.3 cm³/mol. The molecule has 1 aliphatic heterocycles. The van der Waals surface area contributed by atoms with Gasteiger partial charge in [-0.15, -0.1) is 0 Å². The van der Waals surface area contributed by atoms with E-state index in [2.05, 4.69) is 5.32 Å². The lowest BCUT2D eigenvalue weighted by Crippen LogP contribution is -2.36. The molecule has 2 rings (SSSR count). The van der Waals surface area contributed by atoms with Crippen LogP contribution in [0.3, 0.4) is 0 Å². The highest BCUT2D eigenvalue weighted by Gasteiger charge is 2.27. The Labute approximate surface area is 80.1 Å². The quantitative estimate of drug-likeness (QED) is 0.659. The summed E-state index contributed by atoms with van der Waals surface area (Å²) in [5.74, 6) is 1.84. The molecule has 1 heterocycles. The highest BCUT2D eigenvalue weighted by Crippen LogP contribution is 2.34. The minimum absolute atomic E-state index is 0.279. The summed E-state index contributed by atoms with van der Waals surface area (Å²) in [7, 11) is 0. The second-order valence-electron chi connectivity index (χ2n) is 4.50. The largest absolute Gasteiger partial charge is 0.356 e. The number of amides is 1. The topological polar surface area (TPSA) is 29.1 Å². The maximum atomic E-state index is 11.2. The Morgan fingerprint density at radius 3 is 2.46 bits per heavy atom. The molecule has 0 spiro atoms. The summed E-state index contributed by atoms with van der Waals surface area (Å²) in [6.45, 7) is 0.917. The number of nitrogens with one attached hydrogen (secondary N) is 1. The Morgan fingerprint density at radius 2 is 1.77 bits per heavy atom. The first-order valence-corrected chi connectivity index (χ1v) is 5.63. The first-order chi connectivity index (χ1) is 6.36. The number of carbonyl (C=O) groups is 1. The molecule has 1 aliphatic carbocycles. The molecule has 0 aromatic carbocycles. The van der Waals surface area contributed by atoms with Gasteiger partial charge in [-0.3, -0.25) is 4.79 Å². The summed E-state index contributed by atoms with van der Waals surface area (Å²) in [5, 5.41) is 2.91. The molecule has 74 valence electrons. The number of carbonyl (C=O) groups excluding carboxylic acids is 1. The van der Waals surface area contributed by atoms with Gasteiger partial charge in [-0.25, -0.2) is 0 Å². The van der Waals surface area contributed by atoms with E-state index in [9.17, 15) is 4.79 Å². The van der Waals surface area contributed by atoms with E-state index >= 15 is 0 Å². The molecule has 1 saturated heterocycles. The molecule has 1 amide bonds. The van der Waals surface area contributed by atoms with Crippen LogP contribution in [0.15, 0.2) is 0 Å². The van der Waals surface area contributed by atoms with Crippen molar-refractivity contribution in [2.75, 3.05) is 6.54 Å². The van der Waals surface area contributed by atoms with Crippen molar-refractivity contribution >= 4 is 5.91 Å². The zero-order valence-electron chi connectivity index (χ0n) is 8.22. The molecule has 2 fully saturated rings. The third-order valence-corrected chi connectivity index (χ3v) is 3.60. The van der Waals surface area contributed by atoms with Crippen molar-refractivity contribution in [1.82, 2.24) is 5.32 Å². The maximum Gasteiger partial charge on any atom is 0.220 e. The van der Waals surface area contributed by atoms with Gasteiger partial charge in [0.15, 0.2) is 0 Å². The first-order valence-electron chi connectivity index (χ1n) is 5.63. The first kappa shape index (κ1) is 9.04. The Kier molecular flexibility index (Phi) is 2.87. The van der Waals surface area contributed by atoms with Crippen molar-refractivity contribution in [2.45, 2.75) is 44.9 Å². The molecule has 1 N–H and O–H groups in total. The number of hydrogen-bond donors (Lipinski definition) is 1. The van der Waals surface area contributed by atoms with Gasteiger partial charge in [0.1, 0.15) is 0 Å². The van der Waals surface area contributed by atoms with E-state index in [0.29, 0.717) is 5.92 Å². The van der Waals surface area contributed by atoms with Crippen molar-refractivity contribution in [1.29, 1.82) is 0 Å². The molecule has 0 radical (unpaired) electrons. The molecule has 0 aromatic rings. The Bertz CT molecular complexity index is 185. The van der Waals surface area contributed by atoms with Crippen molar-refractivity contribution in [3.8, 4) is 0 Å². The second kappa shape index (κ2) is 4.12. The molecular weight excluding hydrogens is 162 g/mol. The lowest BCUT2D eigenvalue weighted by Gasteiger charge is -2.32. The highest BCUT2D eigenvalue weighted by atomic mass is 16.1. The van der Waals surface area contributed by atoms with Gasteiger partial charge in [-0.2, -0.15) is 0 Å². The van der Waals surface area contributed by atoms with Crippen LogP contribution >= 0.6 is 0 Å². The van der Waals surface area contributed by atoms with Crippen LogP contribution < -0.4 is 5.32 Å². The van der Waals surface area contributed by atoms with Crippen LogP contribution in [-0.4, -0.2) is 12.5 Å². The average Bonchev–Trinajstić information content (AvgIpc) is 2.19. The fourth-order valence-corrected chi connectivity index (χ4v) is 2.82. The Balaban J connectivity index is 1.87. The van der Waals surface area contributed by atoms with Crippen molar-refractivity contribution in [3.05, 3.63) is 0 Å². The van der Waals surface area contributed by atoms with Crippen LogP contribution in [0.1, 0.15) is 44.9 Å². The number of hydrogen-bond acceptors (Lipinski definition) is 1. The molecule has 2 heteroatoms. The summed E-state index contributed by atoms with van der Waals surface area (Å²) >= 11 is 0. The summed E-state index contributed by atoms with van der Waals surface area (Å²) in [5.41, 5.74) is 0. The van der Waals surface area contributed by atoms with E-state index in [0.717, 1.165) is 18.9 Å². The molecule has 0 unspecified atom stereocenters. The molecule has 2 nitrogen and oxygen atoms in total. The van der Waals surface area contributed by atoms with Gasteiger partial charge in [-0.1, -0.05) is 32.1 Å². The monoisotopic (exact) mass is 181 g/mol. The highest BCUT2D eigenvalue weighted by molar-refractivity contribution is 5.76. The van der Waals surface area contributed by atoms with Gasteiger partial charge < -0.3 is 5.32 Å². The Hall–Kier alpha value is -0.530. The second-order valence-corrected chi connectivity index (χ2v) is 4.50. The van der Waals surface area contributed by atoms with Gasteiger partial charge in [0, 0.05) is 13.0 Å². The standard InChI is InChI=1S/C11H19NO/c13-11-8-10(6-7-12-11)9-4-2-1-3-5-9/h9-10H,1-8H2,(H,12,13)/t10-/m1/s1. The lowest BCUT2D eigenvalue weighted by molar-refractivity contribution is -0.124. The van der Waals surface area contributed by atoms with E-state index in [1.165, 1.54) is 38.5 Å². The molecule has 0 aromatic heterocycles. The van der Waals surface area contributed by atoms with Gasteiger partial charge in [-0.05, 0) is 18.3 Å². The van der Waals surface area contributed by atoms with Crippen LogP contribution in [0.4, 0.5) is 0 Å². The number of rotatable bonds is 1. The van der Waals surface area contributed by atoms with Crippen molar-refractivity contribution in [3.63, 3.8) is 0 Å². The molecule has 1 atom stereocenters. The van der Waals surface area contributed by atoms with E-state index in [4.69, 9.17) is 0 Å². The van der Waals surface area contributed by atoms with Crippen LogP contribution in [0.25, 0.3) is 0 Å². The van der Waals surface area contributed by atoms with Gasteiger partial charge >= 0.3 is 0 Å². The van der Waals surface area contributed by atoms with Crippen LogP contribution in [0, 0.1) is 11.8 Å². The third-order valence-electron chi connectivity index (χ3n) is 3.60. The molecular formula is C11H19NO. The molecule has 0 bridgehead atoms. The van der Waals surface area contributed by atoms with Crippen molar-refractivity contribution < 1.29 is 4.79 Å². The predicted octanol–water partition coefficient (Wildman–Crippen LogP) is 2.09. The van der Waals surface area contributed by atoms with Crippen LogP contribution in [-0.2, 0) is 4.79 Å². The van der Waals surface area contributed by atoms with Gasteiger partial charge in [0.05, 0.1) is 0 Å². The lowest BCUT2D eigenvalue weighted by atomic mass is 9.76. The zero-order chi connectivity index (χ0) is 9.10. The van der Waals surface area contributed by atoms with Crippen molar-refractivity contribution in [2.24, 2.45) is 11.8 Å². The van der Waals surface area contributed by atoms with Crippen LogP contribution in [0.2, 0.25) is 0 Å². The number of piperidine rings is 1. The van der Waals surface area contributed by atoms with E-state index in [-0.39, 0.29) is 5.91 Å². The normalized spacial score (nSPS) is 31.4. The fourth-order valence-electron chi connectivity index (χ4n) is 2.82. The SMILES string of the molecule is O=C1C[C@H](C2CCCCC2)CCN1. The van der Waals surface area contributed by atoms with E-state index in [1.54, 1.807) is 0 Å². The smallest absolute Gasteiger partial charge is 0.220 e. The van der Waals surface area contributed by atoms with Gasteiger partial charge in [0.25, 0.3) is 0 Å². The fraction of sp³-hybridized carbons (Fsp3) is 0.909. The summed E-state index contributed by atoms with van der Waals surface area (Å²) < 4.78 is 0. The summed E-state index contributed by atoms with van der Waals surface area (Å²) in [6, 6.07) is 0. The average molecular weight is 181 g/mol. The molecule has 2 aliphatic rings. The minimum Gasteiger partial charge on any atom is -0.356 e. The minimum atomic E-state index is 0.279. The molecule has 1 saturated carbocycles. The van der Waals surface area contributed by atoms with Gasteiger partial charge in [0.2, 0.25) is 5.91 Å². The third kappa shape index (κ3) is 2.23. The maximum absolute atomic E-state index is 11.2. The summed E-state index contributed by atoms with van der Waals surface area (Å²) in [4.78, 5) is 11.2.